The normalized spacial score (nSPS) is 9.62. The van der Waals surface area contributed by atoms with Gasteiger partial charge < -0.3 is 5.73 Å². The lowest BCUT2D eigenvalue weighted by Gasteiger charge is -1.99. The highest BCUT2D eigenvalue weighted by Gasteiger charge is 2.15. The molecule has 1 aromatic rings. The van der Waals surface area contributed by atoms with Crippen molar-refractivity contribution in [3.05, 3.63) is 38.9 Å². The molecule has 68 valence electrons. The van der Waals surface area contributed by atoms with Crippen LogP contribution in [-0.4, -0.2) is 10.8 Å². The molecule has 0 bridgehead atoms. The van der Waals surface area contributed by atoms with Crippen molar-refractivity contribution in [3.63, 3.8) is 0 Å². The van der Waals surface area contributed by atoms with Crippen LogP contribution in [0.15, 0.2) is 18.2 Å². The molecule has 0 unspecified atom stereocenters. The number of nitro benzene ring substituents is 1. The number of benzene rings is 1. The summed E-state index contributed by atoms with van der Waals surface area (Å²) in [6.45, 7) is 0. The van der Waals surface area contributed by atoms with Gasteiger partial charge in [-0.2, -0.15) is 0 Å². The van der Waals surface area contributed by atoms with Crippen LogP contribution in [0.1, 0.15) is 5.56 Å². The zero-order valence-electron chi connectivity index (χ0n) is 6.45. The second-order valence-electron chi connectivity index (χ2n) is 2.33. The molecule has 0 aliphatic carbocycles. The molecule has 0 saturated heterocycles. The van der Waals surface area contributed by atoms with E-state index >= 15 is 0 Å². The molecule has 0 aliphatic rings. The molecule has 0 atom stereocenters. The summed E-state index contributed by atoms with van der Waals surface area (Å²) in [7, 11) is 0. The molecule has 1 rings (SSSR count). The van der Waals surface area contributed by atoms with E-state index in [4.69, 9.17) is 22.7 Å². The van der Waals surface area contributed by atoms with Gasteiger partial charge in [0.2, 0.25) is 0 Å². The topological polar surface area (TPSA) is 93.0 Å². The van der Waals surface area contributed by atoms with Crippen LogP contribution in [0.25, 0.3) is 0 Å². The molecular weight excluding hydrogens is 194 g/mol. The SMILES string of the molecule is N=C(N)c1ccc(Cl)cc1[N+](=O)[O-]. The number of nitrogen functional groups attached to an aromatic ring is 1. The minimum absolute atomic E-state index is 0.0781. The van der Waals surface area contributed by atoms with E-state index < -0.39 is 4.92 Å². The van der Waals surface area contributed by atoms with Gasteiger partial charge in [0, 0.05) is 11.1 Å². The van der Waals surface area contributed by atoms with Gasteiger partial charge in [0.25, 0.3) is 5.69 Å². The Morgan fingerprint density at radius 2 is 2.23 bits per heavy atom. The third-order valence-corrected chi connectivity index (χ3v) is 1.68. The average Bonchev–Trinajstić information content (AvgIpc) is 2.03. The highest BCUT2D eigenvalue weighted by molar-refractivity contribution is 6.31. The Hall–Kier alpha value is -1.62. The van der Waals surface area contributed by atoms with Crippen molar-refractivity contribution < 1.29 is 4.92 Å². The van der Waals surface area contributed by atoms with Crippen molar-refractivity contribution in [1.82, 2.24) is 0 Å². The van der Waals surface area contributed by atoms with E-state index in [0.29, 0.717) is 0 Å². The molecule has 1 aromatic carbocycles. The number of nitro groups is 1. The number of rotatable bonds is 2. The minimum Gasteiger partial charge on any atom is -0.383 e. The van der Waals surface area contributed by atoms with E-state index in [1.165, 1.54) is 12.1 Å². The molecule has 0 heterocycles. The number of amidine groups is 1. The van der Waals surface area contributed by atoms with E-state index in [2.05, 4.69) is 0 Å². The summed E-state index contributed by atoms with van der Waals surface area (Å²) in [5, 5.41) is 17.8. The van der Waals surface area contributed by atoms with Crippen LogP contribution >= 0.6 is 11.6 Å². The maximum atomic E-state index is 10.5. The lowest BCUT2D eigenvalue weighted by atomic mass is 10.1. The van der Waals surface area contributed by atoms with Crippen molar-refractivity contribution in [1.29, 1.82) is 5.41 Å². The predicted molar refractivity (Wildman–Crippen MR) is 49.1 cm³/mol. The fourth-order valence-corrected chi connectivity index (χ4v) is 1.05. The molecule has 3 N–H and O–H groups in total. The van der Waals surface area contributed by atoms with Gasteiger partial charge in [-0.1, -0.05) is 11.6 Å². The lowest BCUT2D eigenvalue weighted by molar-refractivity contribution is -0.385. The first kappa shape index (κ1) is 9.47. The first-order valence-electron chi connectivity index (χ1n) is 3.30. The quantitative estimate of drug-likeness (QED) is 0.327. The molecule has 0 saturated carbocycles. The second-order valence-corrected chi connectivity index (χ2v) is 2.77. The Morgan fingerprint density at radius 3 is 2.69 bits per heavy atom. The summed E-state index contributed by atoms with van der Waals surface area (Å²) in [5.41, 5.74) is 4.97. The van der Waals surface area contributed by atoms with Crippen LogP contribution in [0.3, 0.4) is 0 Å². The van der Waals surface area contributed by atoms with Gasteiger partial charge in [0.1, 0.15) is 5.84 Å². The zero-order chi connectivity index (χ0) is 10.0. The van der Waals surface area contributed by atoms with Crippen LogP contribution in [0.5, 0.6) is 0 Å². The summed E-state index contributed by atoms with van der Waals surface area (Å²) in [4.78, 5) is 9.85. The van der Waals surface area contributed by atoms with Crippen LogP contribution < -0.4 is 5.73 Å². The summed E-state index contributed by atoms with van der Waals surface area (Å²) in [6.07, 6.45) is 0. The molecule has 0 aromatic heterocycles. The molecule has 0 aliphatic heterocycles. The maximum Gasteiger partial charge on any atom is 0.281 e. The van der Waals surface area contributed by atoms with Gasteiger partial charge in [-0.3, -0.25) is 15.5 Å². The van der Waals surface area contributed by atoms with Crippen LogP contribution in [0, 0.1) is 15.5 Å². The molecule has 13 heavy (non-hydrogen) atoms. The maximum absolute atomic E-state index is 10.5. The Morgan fingerprint density at radius 1 is 1.62 bits per heavy atom. The number of nitrogens with zero attached hydrogens (tertiary/aromatic N) is 1. The minimum atomic E-state index is -0.622. The Kier molecular flexibility index (Phi) is 2.48. The number of nitrogens with two attached hydrogens (primary N) is 1. The Bertz CT molecular complexity index is 378. The van der Waals surface area contributed by atoms with E-state index in [0.717, 1.165) is 6.07 Å². The summed E-state index contributed by atoms with van der Waals surface area (Å²) in [6, 6.07) is 3.96. The molecule has 5 nitrogen and oxygen atoms in total. The van der Waals surface area contributed by atoms with Crippen molar-refractivity contribution >= 4 is 23.1 Å². The van der Waals surface area contributed by atoms with Crippen molar-refractivity contribution in [2.45, 2.75) is 0 Å². The van der Waals surface area contributed by atoms with Crippen LogP contribution in [0.2, 0.25) is 5.02 Å². The third kappa shape index (κ3) is 1.94. The summed E-state index contributed by atoms with van der Waals surface area (Å²) >= 11 is 5.55. The van der Waals surface area contributed by atoms with Crippen molar-refractivity contribution in [2.75, 3.05) is 0 Å². The van der Waals surface area contributed by atoms with Crippen molar-refractivity contribution in [3.8, 4) is 0 Å². The van der Waals surface area contributed by atoms with Crippen LogP contribution in [-0.2, 0) is 0 Å². The standard InChI is InChI=1S/C7H6ClN3O2/c8-4-1-2-5(7(9)10)6(3-4)11(12)13/h1-3H,(H3,9,10). The molecule has 0 amide bonds. The third-order valence-electron chi connectivity index (χ3n) is 1.45. The Balaban J connectivity index is 3.35. The fraction of sp³-hybridized carbons (Fsp3) is 0. The molecule has 0 spiro atoms. The van der Waals surface area contributed by atoms with Crippen molar-refractivity contribution in [2.24, 2.45) is 5.73 Å². The first-order valence-corrected chi connectivity index (χ1v) is 3.68. The average molecular weight is 200 g/mol. The summed E-state index contributed by atoms with van der Waals surface area (Å²) in [5.74, 6) is -0.344. The fourth-order valence-electron chi connectivity index (χ4n) is 0.884. The summed E-state index contributed by atoms with van der Waals surface area (Å²) < 4.78 is 0. The van der Waals surface area contributed by atoms with E-state index in [1.807, 2.05) is 0 Å². The molecule has 0 fully saturated rings. The van der Waals surface area contributed by atoms with E-state index in [-0.39, 0.29) is 22.1 Å². The van der Waals surface area contributed by atoms with E-state index in [9.17, 15) is 10.1 Å². The second kappa shape index (κ2) is 3.40. The van der Waals surface area contributed by atoms with Gasteiger partial charge in [0.15, 0.2) is 0 Å². The zero-order valence-corrected chi connectivity index (χ0v) is 7.21. The Labute approximate surface area is 78.8 Å². The predicted octanol–water partition coefficient (Wildman–Crippen LogP) is 1.53. The van der Waals surface area contributed by atoms with Gasteiger partial charge in [-0.05, 0) is 12.1 Å². The number of hydrogen-bond donors (Lipinski definition) is 2. The smallest absolute Gasteiger partial charge is 0.281 e. The monoisotopic (exact) mass is 199 g/mol. The highest BCUT2D eigenvalue weighted by atomic mass is 35.5. The molecular formula is C7H6ClN3O2. The molecule has 0 radical (unpaired) electrons. The lowest BCUT2D eigenvalue weighted by Crippen LogP contribution is -2.13. The van der Waals surface area contributed by atoms with Gasteiger partial charge in [0.05, 0.1) is 10.5 Å². The molecule has 6 heteroatoms. The van der Waals surface area contributed by atoms with Gasteiger partial charge in [-0.15, -0.1) is 0 Å². The largest absolute Gasteiger partial charge is 0.383 e. The van der Waals surface area contributed by atoms with Gasteiger partial charge in [-0.25, -0.2) is 0 Å². The number of hydrogen-bond acceptors (Lipinski definition) is 3. The highest BCUT2D eigenvalue weighted by Crippen LogP contribution is 2.22. The van der Waals surface area contributed by atoms with E-state index in [1.54, 1.807) is 0 Å². The first-order chi connectivity index (χ1) is 6.02. The van der Waals surface area contributed by atoms with Gasteiger partial charge >= 0.3 is 0 Å². The number of nitrogens with one attached hydrogen (secondary N) is 1. The van der Waals surface area contributed by atoms with Crippen LogP contribution in [0.4, 0.5) is 5.69 Å². The number of halogens is 1.